The van der Waals surface area contributed by atoms with Crippen molar-refractivity contribution < 1.29 is 28.6 Å². The molecule has 20 heteroatoms. The highest BCUT2D eigenvalue weighted by Gasteiger charge is 2.24. The number of hydrogen-bond donors (Lipinski definition) is 6. The Morgan fingerprint density at radius 1 is 0.588 bits per heavy atom. The molecule has 6 aromatic heterocycles. The van der Waals surface area contributed by atoms with E-state index in [-0.39, 0.29) is 35.1 Å². The normalized spacial score (nSPS) is 12.5. The highest BCUT2D eigenvalue weighted by Crippen LogP contribution is 2.36. The molecule has 16 nitrogen and oxygen atoms in total. The topological polar surface area (TPSA) is 254 Å². The van der Waals surface area contributed by atoms with Gasteiger partial charge in [0, 0.05) is 83.7 Å². The summed E-state index contributed by atoms with van der Waals surface area (Å²) in [7, 11) is 0. The van der Waals surface area contributed by atoms with Crippen LogP contribution in [0.5, 0.6) is 0 Å². The minimum atomic E-state index is -1.23. The Balaban J connectivity index is 0.000000201. The van der Waals surface area contributed by atoms with Crippen LogP contribution in [0.2, 0.25) is 10.0 Å². The Hall–Kier alpha value is -7.38. The van der Waals surface area contributed by atoms with Crippen molar-refractivity contribution in [2.45, 2.75) is 64.8 Å². The molecule has 2 atom stereocenters. The number of nitrogens with one attached hydrogen (secondary N) is 2. The van der Waals surface area contributed by atoms with E-state index < -0.39 is 34.7 Å². The van der Waals surface area contributed by atoms with Gasteiger partial charge in [-0.1, -0.05) is 47.5 Å². The van der Waals surface area contributed by atoms with E-state index >= 15 is 0 Å². The van der Waals surface area contributed by atoms with Gasteiger partial charge in [-0.2, -0.15) is 0 Å². The average Bonchev–Trinajstić information content (AvgIpc) is 3.30. The van der Waals surface area contributed by atoms with E-state index in [1.807, 2.05) is 26.0 Å². The predicted molar refractivity (Wildman–Crippen MR) is 256 cm³/mol. The fourth-order valence-corrected chi connectivity index (χ4v) is 7.25. The molecule has 348 valence electrons. The molecule has 8 rings (SSSR count). The first kappa shape index (κ1) is 48.6. The third-order valence-electron chi connectivity index (χ3n) is 10.5. The number of amides is 2. The largest absolute Gasteiger partial charge is 0.382 e. The summed E-state index contributed by atoms with van der Waals surface area (Å²) in [5, 5.41) is 27.3. The summed E-state index contributed by atoms with van der Waals surface area (Å²) in [4.78, 5) is 57.0. The SMILES string of the molecule is C[C@@H](Nc1c(Cl)cnc2cc(F)c(-c3cnc(C(C)(C)O)nc3)nc12)c1cccc(C(N)=O)c1.C[C@@H](Nc1c(Cl)cnc2cc(F)c(-c3cnc(C(C)(C)O)nc3)nc12)c1cccc(C(N)=O)c1. The highest BCUT2D eigenvalue weighted by atomic mass is 35.5. The quantitative estimate of drug-likeness (QED) is 0.0670. The molecule has 0 aliphatic heterocycles. The first-order valence-electron chi connectivity index (χ1n) is 20.8. The minimum Gasteiger partial charge on any atom is -0.382 e. The van der Waals surface area contributed by atoms with E-state index in [9.17, 15) is 28.6 Å². The molecule has 8 aromatic rings. The van der Waals surface area contributed by atoms with Crippen LogP contribution in [0.3, 0.4) is 0 Å². The first-order valence-corrected chi connectivity index (χ1v) is 21.6. The molecule has 6 heterocycles. The Labute approximate surface area is 398 Å². The van der Waals surface area contributed by atoms with Gasteiger partial charge in [-0.15, -0.1) is 0 Å². The molecule has 0 saturated heterocycles. The van der Waals surface area contributed by atoms with E-state index in [1.54, 1.807) is 64.1 Å². The maximum absolute atomic E-state index is 14.9. The van der Waals surface area contributed by atoms with Crippen molar-refractivity contribution in [3.05, 3.63) is 153 Å². The van der Waals surface area contributed by atoms with E-state index in [4.69, 9.17) is 34.7 Å². The monoisotopic (exact) mass is 960 g/mol. The van der Waals surface area contributed by atoms with Crippen molar-refractivity contribution in [3.63, 3.8) is 0 Å². The zero-order chi connectivity index (χ0) is 49.2. The zero-order valence-corrected chi connectivity index (χ0v) is 38.9. The van der Waals surface area contributed by atoms with Gasteiger partial charge in [-0.3, -0.25) is 19.6 Å². The number of anilines is 2. The average molecular weight is 962 g/mol. The number of aromatic nitrogens is 8. The lowest BCUT2D eigenvalue weighted by molar-refractivity contribution is 0.0682. The number of nitrogens with zero attached hydrogens (tertiary/aromatic N) is 8. The number of carbonyl (C=O) groups is 2. The lowest BCUT2D eigenvalue weighted by Gasteiger charge is -2.19. The van der Waals surface area contributed by atoms with Crippen LogP contribution in [-0.4, -0.2) is 61.9 Å². The summed E-state index contributed by atoms with van der Waals surface area (Å²) < 4.78 is 29.8. The van der Waals surface area contributed by atoms with Crippen molar-refractivity contribution in [1.82, 2.24) is 39.9 Å². The third-order valence-corrected chi connectivity index (χ3v) is 11.1. The van der Waals surface area contributed by atoms with Crippen molar-refractivity contribution in [1.29, 1.82) is 0 Å². The van der Waals surface area contributed by atoms with Crippen LogP contribution in [0.25, 0.3) is 44.6 Å². The highest BCUT2D eigenvalue weighted by molar-refractivity contribution is 6.35. The number of benzene rings is 2. The molecule has 0 radical (unpaired) electrons. The van der Waals surface area contributed by atoms with Gasteiger partial charge >= 0.3 is 0 Å². The Morgan fingerprint density at radius 3 is 1.26 bits per heavy atom. The Bertz CT molecular complexity index is 2990. The van der Waals surface area contributed by atoms with Crippen LogP contribution < -0.4 is 22.1 Å². The summed E-state index contributed by atoms with van der Waals surface area (Å²) in [6.45, 7) is 10.0. The molecule has 68 heavy (non-hydrogen) atoms. The summed E-state index contributed by atoms with van der Waals surface area (Å²) in [6, 6.07) is 15.8. The number of nitrogens with two attached hydrogens (primary N) is 2. The predicted octanol–water partition coefficient (Wildman–Crippen LogP) is 8.76. The molecule has 0 saturated carbocycles. The van der Waals surface area contributed by atoms with Crippen LogP contribution in [0.15, 0.2) is 97.8 Å². The fraction of sp³-hybridized carbons (Fsp3) is 0.208. The molecule has 0 aliphatic rings. The third kappa shape index (κ3) is 10.7. The van der Waals surface area contributed by atoms with Gasteiger partial charge in [0.05, 0.1) is 32.5 Å². The van der Waals surface area contributed by atoms with Crippen LogP contribution in [-0.2, 0) is 11.2 Å². The van der Waals surface area contributed by atoms with Crippen LogP contribution in [0.4, 0.5) is 20.2 Å². The molecule has 0 fully saturated rings. The lowest BCUT2D eigenvalue weighted by Crippen LogP contribution is -2.19. The van der Waals surface area contributed by atoms with Crippen molar-refractivity contribution >= 4 is 68.5 Å². The Morgan fingerprint density at radius 2 is 0.941 bits per heavy atom. The number of carbonyl (C=O) groups excluding carboxylic acids is 2. The van der Waals surface area contributed by atoms with E-state index in [0.717, 1.165) is 11.1 Å². The number of fused-ring (bicyclic) bond motifs is 2. The molecular formula is C48H44Cl2F2N12O4. The molecule has 8 N–H and O–H groups in total. The summed E-state index contributed by atoms with van der Waals surface area (Å²) >= 11 is 12.9. The molecule has 0 unspecified atom stereocenters. The first-order chi connectivity index (χ1) is 32.1. The molecule has 0 bridgehead atoms. The van der Waals surface area contributed by atoms with Gasteiger partial charge in [0.25, 0.3) is 0 Å². The number of halogens is 4. The molecular weight excluding hydrogens is 918 g/mol. The van der Waals surface area contributed by atoms with Crippen LogP contribution in [0, 0.1) is 11.6 Å². The molecule has 2 amide bonds. The van der Waals surface area contributed by atoms with Gasteiger partial charge in [0.2, 0.25) is 11.8 Å². The maximum Gasteiger partial charge on any atom is 0.248 e. The minimum absolute atomic E-state index is 0.0188. The van der Waals surface area contributed by atoms with Gasteiger partial charge in [0.1, 0.15) is 33.6 Å². The van der Waals surface area contributed by atoms with Gasteiger partial charge in [-0.25, -0.2) is 38.7 Å². The molecule has 2 aromatic carbocycles. The van der Waals surface area contributed by atoms with Crippen molar-refractivity contribution in [2.24, 2.45) is 11.5 Å². The van der Waals surface area contributed by atoms with Crippen molar-refractivity contribution in [3.8, 4) is 22.5 Å². The number of rotatable bonds is 12. The second-order valence-electron chi connectivity index (χ2n) is 16.8. The summed E-state index contributed by atoms with van der Waals surface area (Å²) in [6.07, 6.45) is 8.45. The second-order valence-corrected chi connectivity index (χ2v) is 17.6. The van der Waals surface area contributed by atoms with Gasteiger partial charge in [-0.05, 0) is 76.9 Å². The smallest absolute Gasteiger partial charge is 0.248 e. The fourth-order valence-electron chi connectivity index (χ4n) is 6.87. The zero-order valence-electron chi connectivity index (χ0n) is 37.3. The summed E-state index contributed by atoms with van der Waals surface area (Å²) in [5.41, 5.74) is 13.6. The number of primary amides is 2. The van der Waals surface area contributed by atoms with Gasteiger partial charge < -0.3 is 32.3 Å². The maximum atomic E-state index is 14.9. The molecule has 0 spiro atoms. The van der Waals surface area contributed by atoms with E-state index in [2.05, 4.69) is 50.5 Å². The van der Waals surface area contributed by atoms with Crippen molar-refractivity contribution in [2.75, 3.05) is 10.6 Å². The molecule has 0 aliphatic carbocycles. The van der Waals surface area contributed by atoms with Crippen LogP contribution >= 0.6 is 23.2 Å². The van der Waals surface area contributed by atoms with Gasteiger partial charge in [0.15, 0.2) is 23.3 Å². The van der Waals surface area contributed by atoms with E-state index in [0.29, 0.717) is 65.7 Å². The number of pyridine rings is 4. The number of hydrogen-bond acceptors (Lipinski definition) is 14. The standard InChI is InChI=1S/2C24H22ClFN6O2/c2*1-12(13-5-4-6-14(7-13)22(27)33)31-20-16(25)11-28-18-8-17(26)19(32-21(18)20)15-9-29-23(30-10-15)24(2,3)34/h2*4-12,34H,1-3H3,(H2,27,33)(H,28,31)/t2*12-/m11/s1. The lowest BCUT2D eigenvalue weighted by atomic mass is 10.0. The van der Waals surface area contributed by atoms with E-state index in [1.165, 1.54) is 49.3 Å². The second kappa shape index (κ2) is 19.5. The van der Waals surface area contributed by atoms with Crippen LogP contribution in [0.1, 0.15) is 97.1 Å². The summed E-state index contributed by atoms with van der Waals surface area (Å²) in [5.74, 6) is -1.85. The Kier molecular flexibility index (Phi) is 13.9. The number of aliphatic hydroxyl groups is 2.